The first-order valence-corrected chi connectivity index (χ1v) is 8.23. The molecule has 2 heterocycles. The topological polar surface area (TPSA) is 24.5 Å². The van der Waals surface area contributed by atoms with Crippen molar-refractivity contribution in [3.05, 3.63) is 0 Å². The summed E-state index contributed by atoms with van der Waals surface area (Å²) in [4.78, 5) is 2.67. The first-order chi connectivity index (χ1) is 9.16. The molecule has 0 saturated carbocycles. The molecule has 0 aromatic heterocycles. The van der Waals surface area contributed by atoms with Gasteiger partial charge in [-0.05, 0) is 57.5 Å². The van der Waals surface area contributed by atoms with Crippen molar-refractivity contribution < 1.29 is 4.74 Å². The summed E-state index contributed by atoms with van der Waals surface area (Å²) in [5.74, 6) is 1.70. The zero-order chi connectivity index (χ0) is 13.7. The van der Waals surface area contributed by atoms with Crippen LogP contribution >= 0.6 is 0 Å². The Morgan fingerprint density at radius 3 is 2.63 bits per heavy atom. The van der Waals surface area contributed by atoms with Gasteiger partial charge in [0.15, 0.2) is 0 Å². The van der Waals surface area contributed by atoms with Gasteiger partial charge in [-0.25, -0.2) is 0 Å². The van der Waals surface area contributed by atoms with Crippen LogP contribution in [0.2, 0.25) is 0 Å². The molecule has 0 aliphatic carbocycles. The van der Waals surface area contributed by atoms with Crippen LogP contribution in [0.3, 0.4) is 0 Å². The summed E-state index contributed by atoms with van der Waals surface area (Å²) in [6.07, 6.45) is 5.47. The van der Waals surface area contributed by atoms with Gasteiger partial charge in [-0.15, -0.1) is 0 Å². The molecule has 0 aromatic rings. The second-order valence-corrected chi connectivity index (χ2v) is 6.73. The summed E-state index contributed by atoms with van der Waals surface area (Å²) in [7, 11) is 0. The van der Waals surface area contributed by atoms with Crippen LogP contribution in [0.4, 0.5) is 0 Å². The molecular weight excluding hydrogens is 236 g/mol. The summed E-state index contributed by atoms with van der Waals surface area (Å²) in [6.45, 7) is 12.9. The fraction of sp³-hybridized carbons (Fsp3) is 1.00. The molecule has 0 spiro atoms. The lowest BCUT2D eigenvalue weighted by Crippen LogP contribution is -2.46. The van der Waals surface area contributed by atoms with E-state index in [1.54, 1.807) is 0 Å². The minimum Gasteiger partial charge on any atom is -0.378 e. The smallest absolute Gasteiger partial charge is 0.0599 e. The normalized spacial score (nSPS) is 34.6. The number of nitrogens with zero attached hydrogens (tertiary/aromatic N) is 1. The lowest BCUT2D eigenvalue weighted by molar-refractivity contribution is 0.0179. The second kappa shape index (κ2) is 7.61. The van der Waals surface area contributed by atoms with E-state index < -0.39 is 0 Å². The van der Waals surface area contributed by atoms with E-state index in [2.05, 4.69) is 31.0 Å². The first kappa shape index (κ1) is 15.3. The van der Waals surface area contributed by atoms with Gasteiger partial charge in [0.1, 0.15) is 0 Å². The maximum Gasteiger partial charge on any atom is 0.0599 e. The van der Waals surface area contributed by atoms with E-state index in [1.807, 2.05) is 0 Å². The van der Waals surface area contributed by atoms with Gasteiger partial charge >= 0.3 is 0 Å². The molecule has 2 saturated heterocycles. The quantitative estimate of drug-likeness (QED) is 0.775. The Kier molecular flexibility index (Phi) is 6.11. The monoisotopic (exact) mass is 268 g/mol. The minimum absolute atomic E-state index is 0.512. The van der Waals surface area contributed by atoms with Crippen molar-refractivity contribution in [1.29, 1.82) is 0 Å². The fourth-order valence-electron chi connectivity index (χ4n) is 3.61. The summed E-state index contributed by atoms with van der Waals surface area (Å²) in [6, 6.07) is 0.745. The highest BCUT2D eigenvalue weighted by molar-refractivity contribution is 4.81. The average molecular weight is 268 g/mol. The number of ether oxygens (including phenoxy) is 1. The molecular formula is C16H32N2O. The Balaban J connectivity index is 1.61. The minimum atomic E-state index is 0.512. The van der Waals surface area contributed by atoms with E-state index in [4.69, 9.17) is 4.74 Å². The van der Waals surface area contributed by atoms with Gasteiger partial charge in [0, 0.05) is 25.7 Å². The van der Waals surface area contributed by atoms with E-state index in [0.717, 1.165) is 37.6 Å². The molecule has 3 unspecified atom stereocenters. The highest BCUT2D eigenvalue weighted by Crippen LogP contribution is 2.26. The zero-order valence-electron chi connectivity index (χ0n) is 13.0. The molecule has 1 N–H and O–H groups in total. The predicted molar refractivity (Wildman–Crippen MR) is 80.4 cm³/mol. The molecule has 2 rings (SSSR count). The zero-order valence-corrected chi connectivity index (χ0v) is 13.0. The van der Waals surface area contributed by atoms with Gasteiger partial charge in [0.2, 0.25) is 0 Å². The summed E-state index contributed by atoms with van der Waals surface area (Å²) in [5, 5.41) is 3.38. The van der Waals surface area contributed by atoms with Crippen molar-refractivity contribution in [2.75, 3.05) is 32.8 Å². The van der Waals surface area contributed by atoms with E-state index >= 15 is 0 Å². The Hall–Kier alpha value is -0.120. The Morgan fingerprint density at radius 1 is 1.16 bits per heavy atom. The van der Waals surface area contributed by atoms with Crippen LogP contribution in [0.5, 0.6) is 0 Å². The highest BCUT2D eigenvalue weighted by Gasteiger charge is 2.28. The van der Waals surface area contributed by atoms with Crippen molar-refractivity contribution in [2.24, 2.45) is 11.8 Å². The van der Waals surface area contributed by atoms with E-state index in [9.17, 15) is 0 Å². The van der Waals surface area contributed by atoms with E-state index in [0.29, 0.717) is 6.10 Å². The van der Waals surface area contributed by atoms with Crippen LogP contribution in [-0.2, 0) is 4.74 Å². The molecule has 19 heavy (non-hydrogen) atoms. The lowest BCUT2D eigenvalue weighted by atomic mass is 9.86. The number of rotatable bonds is 5. The molecule has 0 aromatic carbocycles. The first-order valence-electron chi connectivity index (χ1n) is 8.23. The lowest BCUT2D eigenvalue weighted by Gasteiger charge is -2.41. The molecule has 3 heteroatoms. The third kappa shape index (κ3) is 4.73. The second-order valence-electron chi connectivity index (χ2n) is 6.73. The number of likely N-dealkylation sites (tertiary alicyclic amines) is 1. The molecule has 112 valence electrons. The van der Waals surface area contributed by atoms with E-state index in [1.165, 1.54) is 38.8 Å². The van der Waals surface area contributed by atoms with Gasteiger partial charge in [-0.3, -0.25) is 0 Å². The third-order valence-electron chi connectivity index (χ3n) is 4.95. The van der Waals surface area contributed by atoms with Gasteiger partial charge < -0.3 is 15.0 Å². The van der Waals surface area contributed by atoms with Crippen LogP contribution in [0.15, 0.2) is 0 Å². The molecule has 0 bridgehead atoms. The van der Waals surface area contributed by atoms with Crippen molar-refractivity contribution in [2.45, 2.75) is 58.6 Å². The number of nitrogens with one attached hydrogen (secondary N) is 1. The van der Waals surface area contributed by atoms with Crippen LogP contribution in [0.1, 0.15) is 46.5 Å². The molecule has 3 atom stereocenters. The number of piperidine rings is 2. The van der Waals surface area contributed by atoms with Crippen molar-refractivity contribution >= 4 is 0 Å². The third-order valence-corrected chi connectivity index (χ3v) is 4.95. The highest BCUT2D eigenvalue weighted by atomic mass is 16.5. The van der Waals surface area contributed by atoms with Gasteiger partial charge in [0.25, 0.3) is 0 Å². The van der Waals surface area contributed by atoms with Crippen molar-refractivity contribution in [1.82, 2.24) is 10.2 Å². The summed E-state index contributed by atoms with van der Waals surface area (Å²) >= 11 is 0. The van der Waals surface area contributed by atoms with Crippen LogP contribution in [0.25, 0.3) is 0 Å². The Labute approximate surface area is 119 Å². The Morgan fingerprint density at radius 2 is 1.89 bits per heavy atom. The van der Waals surface area contributed by atoms with Gasteiger partial charge in [-0.1, -0.05) is 13.8 Å². The molecule has 2 fully saturated rings. The molecule has 0 amide bonds. The largest absolute Gasteiger partial charge is 0.378 e. The maximum atomic E-state index is 6.00. The SMILES string of the molecule is CC1CC(C)C(C)N(CCCOC2CCNCC2)C1. The van der Waals surface area contributed by atoms with Crippen molar-refractivity contribution in [3.8, 4) is 0 Å². The number of hydrogen-bond donors (Lipinski definition) is 1. The van der Waals surface area contributed by atoms with E-state index in [-0.39, 0.29) is 0 Å². The number of hydrogen-bond acceptors (Lipinski definition) is 3. The molecule has 0 radical (unpaired) electrons. The van der Waals surface area contributed by atoms with Crippen molar-refractivity contribution in [3.63, 3.8) is 0 Å². The Bertz CT molecular complexity index is 253. The molecule has 3 nitrogen and oxygen atoms in total. The molecule has 2 aliphatic rings. The van der Waals surface area contributed by atoms with Crippen LogP contribution < -0.4 is 5.32 Å². The van der Waals surface area contributed by atoms with Gasteiger partial charge in [0.05, 0.1) is 6.10 Å². The maximum absolute atomic E-state index is 6.00. The van der Waals surface area contributed by atoms with Gasteiger partial charge in [-0.2, -0.15) is 0 Å². The standard InChI is InChI=1S/C16H32N2O/c1-13-11-14(2)15(3)18(12-13)9-4-10-19-16-5-7-17-8-6-16/h13-17H,4-12H2,1-3H3. The predicted octanol–water partition coefficient (Wildman–Crippen LogP) is 2.51. The summed E-state index contributed by atoms with van der Waals surface area (Å²) < 4.78 is 6.00. The van der Waals surface area contributed by atoms with Crippen LogP contribution in [0, 0.1) is 11.8 Å². The average Bonchev–Trinajstić information content (AvgIpc) is 2.41. The van der Waals surface area contributed by atoms with Crippen LogP contribution in [-0.4, -0.2) is 49.8 Å². The fourth-order valence-corrected chi connectivity index (χ4v) is 3.61. The summed E-state index contributed by atoms with van der Waals surface area (Å²) in [5.41, 5.74) is 0. The molecule has 2 aliphatic heterocycles.